The van der Waals surface area contributed by atoms with Crippen molar-refractivity contribution < 1.29 is 4.52 Å². The molecule has 1 aromatic carbocycles. The van der Waals surface area contributed by atoms with Gasteiger partial charge in [-0.1, -0.05) is 31.1 Å². The van der Waals surface area contributed by atoms with Crippen LogP contribution in [0.25, 0.3) is 33.9 Å². The van der Waals surface area contributed by atoms with Crippen molar-refractivity contribution in [2.75, 3.05) is 0 Å². The predicted molar refractivity (Wildman–Crippen MR) is 104 cm³/mol. The van der Waals surface area contributed by atoms with E-state index in [9.17, 15) is 0 Å². The highest BCUT2D eigenvalue weighted by molar-refractivity contribution is 5.93. The maximum atomic E-state index is 5.66. The van der Waals surface area contributed by atoms with Gasteiger partial charge in [-0.2, -0.15) is 10.1 Å². The van der Waals surface area contributed by atoms with Crippen LogP contribution in [-0.4, -0.2) is 24.9 Å². The van der Waals surface area contributed by atoms with Crippen LogP contribution in [0.2, 0.25) is 0 Å². The Morgan fingerprint density at radius 3 is 3.00 bits per heavy atom. The third-order valence-corrected chi connectivity index (χ3v) is 5.63. The number of aromatic amines is 1. The maximum Gasteiger partial charge on any atom is 0.279 e. The molecule has 1 aliphatic carbocycles. The van der Waals surface area contributed by atoms with Crippen molar-refractivity contribution in [3.05, 3.63) is 41.7 Å². The molecule has 0 aliphatic heterocycles. The van der Waals surface area contributed by atoms with Gasteiger partial charge in [0.25, 0.3) is 5.89 Å². The number of hydrogen-bond donors (Lipinski definition) is 1. The Hall–Kier alpha value is -2.89. The van der Waals surface area contributed by atoms with Crippen molar-refractivity contribution in [1.82, 2.24) is 24.9 Å². The van der Waals surface area contributed by atoms with Crippen LogP contribution in [0.4, 0.5) is 0 Å². The predicted octanol–water partition coefficient (Wildman–Crippen LogP) is 4.62. The van der Waals surface area contributed by atoms with E-state index in [1.165, 1.54) is 11.3 Å². The van der Waals surface area contributed by atoms with Gasteiger partial charge in [0, 0.05) is 40.5 Å². The summed E-state index contributed by atoms with van der Waals surface area (Å²) in [6.07, 6.45) is 5.11. The zero-order valence-electron chi connectivity index (χ0n) is 15.9. The molecule has 3 heterocycles. The van der Waals surface area contributed by atoms with Gasteiger partial charge in [0.15, 0.2) is 5.69 Å². The number of benzene rings is 1. The van der Waals surface area contributed by atoms with Gasteiger partial charge >= 0.3 is 0 Å². The van der Waals surface area contributed by atoms with Crippen LogP contribution in [0.15, 0.2) is 35.0 Å². The number of rotatable bonds is 3. The number of aryl methyl sites for hydroxylation is 1. The van der Waals surface area contributed by atoms with Crippen LogP contribution in [-0.2, 0) is 19.4 Å². The van der Waals surface area contributed by atoms with Crippen molar-refractivity contribution in [2.24, 2.45) is 5.41 Å². The summed E-state index contributed by atoms with van der Waals surface area (Å²) in [6, 6.07) is 8.10. The molecule has 27 heavy (non-hydrogen) atoms. The number of H-pyrrole nitrogens is 1. The molecule has 0 saturated carbocycles. The summed E-state index contributed by atoms with van der Waals surface area (Å²) in [4.78, 5) is 7.93. The molecule has 0 saturated heterocycles. The van der Waals surface area contributed by atoms with E-state index in [0.29, 0.717) is 17.1 Å². The fraction of sp³-hybridized carbons (Fsp3) is 0.381. The van der Waals surface area contributed by atoms with E-state index in [2.05, 4.69) is 35.6 Å². The van der Waals surface area contributed by atoms with Gasteiger partial charge in [-0.05, 0) is 43.7 Å². The van der Waals surface area contributed by atoms with Gasteiger partial charge in [0.1, 0.15) is 0 Å². The van der Waals surface area contributed by atoms with Gasteiger partial charge in [-0.15, -0.1) is 0 Å². The average Bonchev–Trinajstić information content (AvgIpc) is 3.37. The van der Waals surface area contributed by atoms with Gasteiger partial charge in [0.05, 0.1) is 0 Å². The minimum absolute atomic E-state index is 0.307. The number of fused-ring (bicyclic) bond motifs is 2. The fourth-order valence-corrected chi connectivity index (χ4v) is 4.14. The van der Waals surface area contributed by atoms with Crippen LogP contribution < -0.4 is 0 Å². The summed E-state index contributed by atoms with van der Waals surface area (Å²) in [5.41, 5.74) is 5.77. The van der Waals surface area contributed by atoms with Crippen LogP contribution in [0, 0.1) is 5.41 Å². The molecular weight excluding hydrogens is 338 g/mol. The molecule has 0 unspecified atom stereocenters. The van der Waals surface area contributed by atoms with E-state index in [1.54, 1.807) is 0 Å². The molecule has 1 aliphatic rings. The summed E-state index contributed by atoms with van der Waals surface area (Å²) < 4.78 is 7.76. The number of aromatic nitrogens is 5. The first-order chi connectivity index (χ1) is 13.1. The lowest BCUT2D eigenvalue weighted by atomic mass is 9.76. The molecule has 4 aromatic rings. The Kier molecular flexibility index (Phi) is 3.50. The Morgan fingerprint density at radius 1 is 1.26 bits per heavy atom. The molecular formula is C21H23N5O. The molecule has 1 N–H and O–H groups in total. The van der Waals surface area contributed by atoms with Crippen molar-refractivity contribution in [3.63, 3.8) is 0 Å². The maximum absolute atomic E-state index is 5.66. The molecule has 3 aromatic heterocycles. The molecule has 0 radical (unpaired) electrons. The van der Waals surface area contributed by atoms with Crippen LogP contribution in [0.5, 0.6) is 0 Å². The molecule has 138 valence electrons. The van der Waals surface area contributed by atoms with Gasteiger partial charge in [-0.3, -0.25) is 4.68 Å². The zero-order valence-corrected chi connectivity index (χ0v) is 15.9. The Balaban J connectivity index is 1.60. The molecule has 0 amide bonds. The van der Waals surface area contributed by atoms with E-state index in [-0.39, 0.29) is 0 Å². The van der Waals surface area contributed by atoms with Gasteiger partial charge in [0.2, 0.25) is 5.82 Å². The lowest BCUT2D eigenvalue weighted by Gasteiger charge is -2.30. The Bertz CT molecular complexity index is 1130. The summed E-state index contributed by atoms with van der Waals surface area (Å²) in [5.74, 6) is 1.12. The summed E-state index contributed by atoms with van der Waals surface area (Å²) in [5, 5.41) is 10.2. The highest BCUT2D eigenvalue weighted by Gasteiger charge is 2.32. The van der Waals surface area contributed by atoms with Crippen LogP contribution in [0.1, 0.15) is 38.4 Å². The highest BCUT2D eigenvalue weighted by Crippen LogP contribution is 2.39. The quantitative estimate of drug-likeness (QED) is 0.578. The third kappa shape index (κ3) is 2.59. The lowest BCUT2D eigenvalue weighted by Crippen LogP contribution is -2.24. The minimum Gasteiger partial charge on any atom is -0.361 e. The summed E-state index contributed by atoms with van der Waals surface area (Å²) in [6.45, 7) is 7.63. The zero-order chi connectivity index (χ0) is 18.6. The first-order valence-corrected chi connectivity index (χ1v) is 9.55. The van der Waals surface area contributed by atoms with E-state index in [1.807, 2.05) is 30.5 Å². The van der Waals surface area contributed by atoms with Crippen LogP contribution >= 0.6 is 0 Å². The van der Waals surface area contributed by atoms with Crippen molar-refractivity contribution in [2.45, 2.75) is 46.6 Å². The summed E-state index contributed by atoms with van der Waals surface area (Å²) >= 11 is 0. The topological polar surface area (TPSA) is 72.5 Å². The van der Waals surface area contributed by atoms with Gasteiger partial charge < -0.3 is 9.51 Å². The Morgan fingerprint density at radius 2 is 2.15 bits per heavy atom. The average molecular weight is 361 g/mol. The monoisotopic (exact) mass is 361 g/mol. The fourth-order valence-electron chi connectivity index (χ4n) is 4.14. The SMILES string of the molecule is CCn1nc(-c2nc(-c3cccc4[nH]ccc34)no2)c2c1CC(C)(C)CC2. The third-order valence-electron chi connectivity index (χ3n) is 5.63. The van der Waals surface area contributed by atoms with Crippen molar-refractivity contribution in [1.29, 1.82) is 0 Å². The van der Waals surface area contributed by atoms with E-state index < -0.39 is 0 Å². The number of nitrogens with one attached hydrogen (secondary N) is 1. The van der Waals surface area contributed by atoms with Gasteiger partial charge in [-0.25, -0.2) is 0 Å². The molecule has 0 bridgehead atoms. The largest absolute Gasteiger partial charge is 0.361 e. The first kappa shape index (κ1) is 16.3. The second-order valence-electron chi connectivity index (χ2n) is 8.10. The second kappa shape index (κ2) is 5.81. The number of hydrogen-bond acceptors (Lipinski definition) is 4. The lowest BCUT2D eigenvalue weighted by molar-refractivity contribution is 0.304. The molecule has 6 nitrogen and oxygen atoms in total. The highest BCUT2D eigenvalue weighted by atomic mass is 16.5. The molecule has 6 heteroatoms. The van der Waals surface area contributed by atoms with E-state index >= 15 is 0 Å². The first-order valence-electron chi connectivity index (χ1n) is 9.55. The minimum atomic E-state index is 0.307. The molecule has 0 spiro atoms. The molecule has 0 fully saturated rings. The normalized spacial score (nSPS) is 16.0. The van der Waals surface area contributed by atoms with Crippen molar-refractivity contribution >= 4 is 10.9 Å². The molecule has 0 atom stereocenters. The van der Waals surface area contributed by atoms with Crippen LogP contribution in [0.3, 0.4) is 0 Å². The second-order valence-corrected chi connectivity index (χ2v) is 8.10. The number of nitrogens with zero attached hydrogens (tertiary/aromatic N) is 4. The van der Waals surface area contributed by atoms with Crippen molar-refractivity contribution in [3.8, 4) is 23.0 Å². The Labute approximate surface area is 157 Å². The van der Waals surface area contributed by atoms with E-state index in [4.69, 9.17) is 14.6 Å². The summed E-state index contributed by atoms with van der Waals surface area (Å²) in [7, 11) is 0. The molecule has 5 rings (SSSR count). The smallest absolute Gasteiger partial charge is 0.279 e. The van der Waals surface area contributed by atoms with E-state index in [0.717, 1.165) is 48.0 Å². The standard InChI is InChI=1S/C21H23N5O/c1-4-26-17-12-21(2,3)10-8-15(17)18(24-26)20-23-19(25-27-20)14-6-5-7-16-13(14)9-11-22-16/h5-7,9,11,22H,4,8,10,12H2,1-3H3.